The van der Waals surface area contributed by atoms with Crippen LogP contribution in [-0.4, -0.2) is 20.6 Å². The quantitative estimate of drug-likeness (QED) is 0.322. The molecule has 8 heteroatoms. The molecule has 3 aromatic heterocycles. The lowest BCUT2D eigenvalue weighted by atomic mass is 10.0. The second kappa shape index (κ2) is 9.99. The largest absolute Gasteiger partial charge is 0.467 e. The van der Waals surface area contributed by atoms with Gasteiger partial charge in [-0.15, -0.1) is 0 Å². The van der Waals surface area contributed by atoms with Crippen molar-refractivity contribution in [1.82, 2.24) is 14.9 Å². The Bertz CT molecular complexity index is 1360. The summed E-state index contributed by atoms with van der Waals surface area (Å²) in [6, 6.07) is 19.7. The average Bonchev–Trinajstić information content (AvgIpc) is 3.61. The van der Waals surface area contributed by atoms with Crippen LogP contribution in [0.5, 0.6) is 0 Å². The van der Waals surface area contributed by atoms with E-state index in [0.717, 1.165) is 34.1 Å². The summed E-state index contributed by atoms with van der Waals surface area (Å²) in [4.78, 5) is 19.1. The summed E-state index contributed by atoms with van der Waals surface area (Å²) in [5, 5.41) is 7.15. The molecule has 1 amide bonds. The fourth-order valence-electron chi connectivity index (χ4n) is 4.56. The number of anilines is 2. The van der Waals surface area contributed by atoms with Gasteiger partial charge in [0.15, 0.2) is 5.11 Å². The number of hydrogen-bond donors (Lipinski definition) is 2. The lowest BCUT2D eigenvalue weighted by Gasteiger charge is -2.29. The molecule has 0 saturated carbocycles. The normalized spacial score (nSPS) is 17.4. The van der Waals surface area contributed by atoms with Crippen molar-refractivity contribution in [2.45, 2.75) is 39.4 Å². The van der Waals surface area contributed by atoms with Gasteiger partial charge in [0.25, 0.3) is 0 Å². The van der Waals surface area contributed by atoms with E-state index >= 15 is 0 Å². The second-order valence-electron chi connectivity index (χ2n) is 9.28. The molecular formula is C28H29N5O2S. The molecule has 1 aliphatic rings. The second-order valence-corrected chi connectivity index (χ2v) is 9.67. The van der Waals surface area contributed by atoms with Crippen molar-refractivity contribution in [2.75, 3.05) is 10.2 Å². The molecule has 4 heterocycles. The van der Waals surface area contributed by atoms with E-state index in [9.17, 15) is 4.79 Å². The highest BCUT2D eigenvalue weighted by molar-refractivity contribution is 7.80. The lowest BCUT2D eigenvalue weighted by molar-refractivity contribution is -0.118. The van der Waals surface area contributed by atoms with Crippen molar-refractivity contribution in [2.24, 2.45) is 5.92 Å². The lowest BCUT2D eigenvalue weighted by Crippen LogP contribution is -2.30. The summed E-state index contributed by atoms with van der Waals surface area (Å²) < 4.78 is 7.81. The minimum Gasteiger partial charge on any atom is -0.467 e. The van der Waals surface area contributed by atoms with Gasteiger partial charge in [0.05, 0.1) is 24.5 Å². The van der Waals surface area contributed by atoms with E-state index in [-0.39, 0.29) is 23.9 Å². The first-order valence-electron chi connectivity index (χ1n) is 12.0. The van der Waals surface area contributed by atoms with E-state index in [1.54, 1.807) is 12.5 Å². The maximum Gasteiger partial charge on any atom is 0.226 e. The summed E-state index contributed by atoms with van der Waals surface area (Å²) in [6.45, 7) is 6.37. The Hall–Kier alpha value is -3.91. The third kappa shape index (κ3) is 4.64. The number of furan rings is 1. The van der Waals surface area contributed by atoms with Crippen LogP contribution in [0, 0.1) is 12.8 Å². The van der Waals surface area contributed by atoms with Crippen molar-refractivity contribution in [3.8, 4) is 0 Å². The van der Waals surface area contributed by atoms with Crippen molar-refractivity contribution in [3.05, 3.63) is 102 Å². The van der Waals surface area contributed by atoms with Crippen molar-refractivity contribution in [3.63, 3.8) is 0 Å². The third-order valence-corrected chi connectivity index (χ3v) is 6.76. The zero-order valence-electron chi connectivity index (χ0n) is 20.5. The van der Waals surface area contributed by atoms with Gasteiger partial charge in [0.1, 0.15) is 11.8 Å². The van der Waals surface area contributed by atoms with Gasteiger partial charge in [-0.3, -0.25) is 9.78 Å². The van der Waals surface area contributed by atoms with E-state index in [1.165, 1.54) is 0 Å². The van der Waals surface area contributed by atoms with Gasteiger partial charge in [-0.25, -0.2) is 0 Å². The molecule has 1 fully saturated rings. The van der Waals surface area contributed by atoms with Crippen LogP contribution in [0.2, 0.25) is 0 Å². The monoisotopic (exact) mass is 499 g/mol. The van der Waals surface area contributed by atoms with Gasteiger partial charge in [0.2, 0.25) is 5.91 Å². The molecule has 0 unspecified atom stereocenters. The summed E-state index contributed by atoms with van der Waals surface area (Å²) in [5.41, 5.74) is 4.71. The third-order valence-electron chi connectivity index (χ3n) is 6.44. The highest BCUT2D eigenvalue weighted by Crippen LogP contribution is 2.42. The van der Waals surface area contributed by atoms with E-state index in [4.69, 9.17) is 16.6 Å². The number of aromatic nitrogens is 2. The Balaban J connectivity index is 1.55. The number of rotatable bonds is 7. The van der Waals surface area contributed by atoms with Crippen molar-refractivity contribution >= 4 is 34.6 Å². The first-order chi connectivity index (χ1) is 17.4. The molecule has 1 aliphatic heterocycles. The first-order valence-corrected chi connectivity index (χ1v) is 12.4. The number of aryl methyl sites for hydroxylation is 1. The van der Waals surface area contributed by atoms with Crippen LogP contribution in [0.3, 0.4) is 0 Å². The highest BCUT2D eigenvalue weighted by Gasteiger charge is 2.42. The predicted octanol–water partition coefficient (Wildman–Crippen LogP) is 5.60. The van der Waals surface area contributed by atoms with E-state index in [1.807, 2.05) is 69.3 Å². The molecule has 0 aliphatic carbocycles. The van der Waals surface area contributed by atoms with Crippen LogP contribution < -0.4 is 15.5 Å². The number of nitrogens with one attached hydrogen (secondary N) is 2. The zero-order chi connectivity index (χ0) is 25.2. The molecule has 184 valence electrons. The van der Waals surface area contributed by atoms with Gasteiger partial charge in [-0.05, 0) is 79.3 Å². The number of pyridine rings is 1. The van der Waals surface area contributed by atoms with Gasteiger partial charge < -0.3 is 24.5 Å². The van der Waals surface area contributed by atoms with Gasteiger partial charge in [-0.2, -0.15) is 0 Å². The molecule has 0 radical (unpaired) electrons. The van der Waals surface area contributed by atoms with Crippen molar-refractivity contribution < 1.29 is 9.21 Å². The van der Waals surface area contributed by atoms with Crippen LogP contribution >= 0.6 is 12.2 Å². The topological polar surface area (TPSA) is 75.3 Å². The molecule has 1 aromatic carbocycles. The smallest absolute Gasteiger partial charge is 0.226 e. The van der Waals surface area contributed by atoms with E-state index in [0.29, 0.717) is 11.7 Å². The Morgan fingerprint density at radius 1 is 1.17 bits per heavy atom. The molecule has 2 atom stereocenters. The minimum atomic E-state index is -0.149. The summed E-state index contributed by atoms with van der Waals surface area (Å²) in [5.74, 6) is 0.779. The minimum absolute atomic E-state index is 0.00643. The Labute approximate surface area is 216 Å². The summed E-state index contributed by atoms with van der Waals surface area (Å²) in [6.07, 6.45) is 5.55. The van der Waals surface area contributed by atoms with Crippen LogP contribution in [0.4, 0.5) is 11.4 Å². The molecule has 0 spiro atoms. The van der Waals surface area contributed by atoms with E-state index in [2.05, 4.69) is 43.4 Å². The Kier molecular flexibility index (Phi) is 6.61. The number of nitrogens with zero attached hydrogens (tertiary/aromatic N) is 3. The molecule has 5 rings (SSSR count). The summed E-state index contributed by atoms with van der Waals surface area (Å²) >= 11 is 5.88. The molecule has 1 saturated heterocycles. The predicted molar refractivity (Wildman–Crippen MR) is 145 cm³/mol. The van der Waals surface area contributed by atoms with Crippen LogP contribution in [0.25, 0.3) is 0 Å². The fraction of sp³-hybridized carbons (Fsp3) is 0.250. The van der Waals surface area contributed by atoms with Crippen LogP contribution in [-0.2, 0) is 11.3 Å². The highest BCUT2D eigenvalue weighted by atomic mass is 32.1. The first kappa shape index (κ1) is 23.8. The maximum absolute atomic E-state index is 12.3. The molecule has 4 aromatic rings. The number of benzene rings is 1. The molecule has 36 heavy (non-hydrogen) atoms. The maximum atomic E-state index is 12.3. The number of hydrogen-bond acceptors (Lipinski definition) is 4. The van der Waals surface area contributed by atoms with Gasteiger partial charge in [-0.1, -0.05) is 19.9 Å². The summed E-state index contributed by atoms with van der Waals surface area (Å²) in [7, 11) is 0. The van der Waals surface area contributed by atoms with Crippen LogP contribution in [0.15, 0.2) is 83.7 Å². The number of amides is 1. The molecule has 0 bridgehead atoms. The van der Waals surface area contributed by atoms with Gasteiger partial charge in [0, 0.05) is 35.4 Å². The fourth-order valence-corrected chi connectivity index (χ4v) is 4.90. The van der Waals surface area contributed by atoms with Gasteiger partial charge >= 0.3 is 0 Å². The van der Waals surface area contributed by atoms with E-state index < -0.39 is 0 Å². The average molecular weight is 500 g/mol. The van der Waals surface area contributed by atoms with Crippen LogP contribution in [0.1, 0.15) is 48.6 Å². The Morgan fingerprint density at radius 2 is 2.03 bits per heavy atom. The molecule has 7 nitrogen and oxygen atoms in total. The number of thiocarbonyl (C=S) groups is 1. The molecule has 2 N–H and O–H groups in total. The van der Waals surface area contributed by atoms with Crippen molar-refractivity contribution in [1.29, 1.82) is 0 Å². The number of carbonyl (C=O) groups excluding carboxylic acids is 1. The standard InChI is InChI=1S/C28H29N5O2S/c1-18(2)27(34)30-22-12-11-20(16-19(22)3)33-26(25(31-28(33)36)23-9-4-5-13-29-23)24-10-6-14-32(24)17-21-8-7-15-35-21/h4-16,18,25-26H,17H2,1-3H3,(H,30,34)(H,31,36)/t25-,26+/m1/s1. The number of carbonyl (C=O) groups is 1. The Morgan fingerprint density at radius 3 is 2.72 bits per heavy atom. The SMILES string of the molecule is Cc1cc(N2C(=S)N[C@H](c3ccccn3)[C@@H]2c2cccn2Cc2ccco2)ccc1NC(=O)C(C)C. The zero-order valence-corrected chi connectivity index (χ0v) is 21.3. The molecular weight excluding hydrogens is 470 g/mol.